The van der Waals surface area contributed by atoms with Gasteiger partial charge in [0.2, 0.25) is 0 Å². The van der Waals surface area contributed by atoms with Crippen LogP contribution in [0.4, 0.5) is 0 Å². The van der Waals surface area contributed by atoms with Gasteiger partial charge in [0.05, 0.1) is 5.69 Å². The number of amides is 1. The lowest BCUT2D eigenvalue weighted by molar-refractivity contribution is 0.0920. The fourth-order valence-electron chi connectivity index (χ4n) is 2.59. The molecule has 2 aromatic heterocycles. The van der Waals surface area contributed by atoms with E-state index in [0.717, 1.165) is 29.0 Å². The Bertz CT molecular complexity index is 746. The van der Waals surface area contributed by atoms with Gasteiger partial charge in [-0.1, -0.05) is 0 Å². The van der Waals surface area contributed by atoms with Crippen molar-refractivity contribution in [1.82, 2.24) is 24.6 Å². The van der Waals surface area contributed by atoms with E-state index in [1.165, 1.54) is 19.2 Å². The first-order valence-electron chi connectivity index (χ1n) is 6.91. The molecule has 0 aliphatic carbocycles. The largest absolute Gasteiger partial charge is 0.346 e. The maximum atomic E-state index is 12.2. The highest BCUT2D eigenvalue weighted by Crippen LogP contribution is 2.15. The average molecular weight is 287 g/mol. The second kappa shape index (κ2) is 5.16. The number of carbonyl (C=O) groups excluding carboxylic acids is 1. The minimum absolute atomic E-state index is 0.0534. The lowest BCUT2D eigenvalue weighted by Gasteiger charge is -2.24. The van der Waals surface area contributed by atoms with Crippen LogP contribution >= 0.6 is 0 Å². The zero-order valence-corrected chi connectivity index (χ0v) is 12.0. The quantitative estimate of drug-likeness (QED) is 0.845. The molecule has 7 heteroatoms. The van der Waals surface area contributed by atoms with Gasteiger partial charge in [0.25, 0.3) is 11.5 Å². The van der Waals surface area contributed by atoms with Crippen molar-refractivity contribution in [1.29, 1.82) is 0 Å². The Labute approximate surface area is 121 Å². The summed E-state index contributed by atoms with van der Waals surface area (Å²) in [6.45, 7) is 2.68. The molecule has 2 aromatic rings. The van der Waals surface area contributed by atoms with Gasteiger partial charge in [-0.05, 0) is 19.4 Å². The Morgan fingerprint density at radius 1 is 1.43 bits per heavy atom. The zero-order valence-electron chi connectivity index (χ0n) is 12.0. The van der Waals surface area contributed by atoms with Crippen molar-refractivity contribution in [3.05, 3.63) is 45.9 Å². The fourth-order valence-corrected chi connectivity index (χ4v) is 2.59. The lowest BCUT2D eigenvalue weighted by Crippen LogP contribution is -2.41. The molecule has 21 heavy (non-hydrogen) atoms. The van der Waals surface area contributed by atoms with Crippen LogP contribution in [-0.2, 0) is 20.0 Å². The van der Waals surface area contributed by atoms with E-state index in [0.29, 0.717) is 6.54 Å². The van der Waals surface area contributed by atoms with E-state index >= 15 is 0 Å². The van der Waals surface area contributed by atoms with Crippen LogP contribution in [0.1, 0.15) is 28.4 Å². The number of fused-ring (bicyclic) bond motifs is 1. The fraction of sp³-hybridized carbons (Fsp3) is 0.429. The Kier molecular flexibility index (Phi) is 3.32. The van der Waals surface area contributed by atoms with Crippen LogP contribution in [0.2, 0.25) is 0 Å². The van der Waals surface area contributed by atoms with Crippen molar-refractivity contribution >= 4 is 5.91 Å². The van der Waals surface area contributed by atoms with Gasteiger partial charge >= 0.3 is 0 Å². The smallest absolute Gasteiger partial charge is 0.272 e. The average Bonchev–Trinajstić information content (AvgIpc) is 2.81. The summed E-state index contributed by atoms with van der Waals surface area (Å²) in [5, 5.41) is 6.93. The van der Waals surface area contributed by atoms with Crippen molar-refractivity contribution in [3.8, 4) is 0 Å². The monoisotopic (exact) mass is 287 g/mol. The Morgan fingerprint density at radius 3 is 3.00 bits per heavy atom. The van der Waals surface area contributed by atoms with Crippen LogP contribution in [-0.4, -0.2) is 31.3 Å². The molecule has 0 aromatic carbocycles. The predicted octanol–water partition coefficient (Wildman–Crippen LogP) is 0.0300. The SMILES string of the molecule is Cc1cn2c(n1)CC[C@@H](NC(=O)c1ccc(=O)n(C)n1)C2. The molecule has 0 saturated carbocycles. The van der Waals surface area contributed by atoms with Gasteiger partial charge in [0.15, 0.2) is 0 Å². The number of nitrogens with zero attached hydrogens (tertiary/aromatic N) is 4. The summed E-state index contributed by atoms with van der Waals surface area (Å²) in [4.78, 5) is 27.9. The Morgan fingerprint density at radius 2 is 2.24 bits per heavy atom. The van der Waals surface area contributed by atoms with Crippen LogP contribution < -0.4 is 10.9 Å². The third-order valence-electron chi connectivity index (χ3n) is 3.64. The highest BCUT2D eigenvalue weighted by atomic mass is 16.2. The number of imidazole rings is 1. The number of carbonyl (C=O) groups is 1. The highest BCUT2D eigenvalue weighted by molar-refractivity contribution is 5.92. The molecule has 3 heterocycles. The summed E-state index contributed by atoms with van der Waals surface area (Å²) in [5.41, 5.74) is 1.02. The first kappa shape index (κ1) is 13.5. The van der Waals surface area contributed by atoms with E-state index in [1.807, 2.05) is 13.1 Å². The molecule has 1 aliphatic rings. The Balaban J connectivity index is 1.71. The number of rotatable bonds is 2. The summed E-state index contributed by atoms with van der Waals surface area (Å²) in [6, 6.07) is 2.85. The molecule has 7 nitrogen and oxygen atoms in total. The minimum atomic E-state index is -0.254. The third-order valence-corrected chi connectivity index (χ3v) is 3.64. The summed E-state index contributed by atoms with van der Waals surface area (Å²) in [6.07, 6.45) is 3.70. The van der Waals surface area contributed by atoms with Crippen LogP contribution in [0.25, 0.3) is 0 Å². The second-order valence-electron chi connectivity index (χ2n) is 5.34. The molecule has 1 aliphatic heterocycles. The van der Waals surface area contributed by atoms with E-state index in [9.17, 15) is 9.59 Å². The molecule has 1 amide bonds. The van der Waals surface area contributed by atoms with Gasteiger partial charge in [-0.25, -0.2) is 9.67 Å². The molecule has 1 N–H and O–H groups in total. The maximum Gasteiger partial charge on any atom is 0.272 e. The van der Waals surface area contributed by atoms with Gasteiger partial charge in [0, 0.05) is 38.3 Å². The standard InChI is InChI=1S/C14H17N5O2/c1-9-7-19-8-10(3-5-12(19)15-9)16-14(21)11-4-6-13(20)18(2)17-11/h4,6-7,10H,3,5,8H2,1-2H3,(H,16,21)/t10-/m1/s1. The van der Waals surface area contributed by atoms with Crippen LogP contribution in [0.3, 0.4) is 0 Å². The normalized spacial score (nSPS) is 17.3. The Hall–Kier alpha value is -2.44. The van der Waals surface area contributed by atoms with Crippen molar-refractivity contribution < 1.29 is 4.79 Å². The summed E-state index contributed by atoms with van der Waals surface area (Å²) < 4.78 is 3.24. The highest BCUT2D eigenvalue weighted by Gasteiger charge is 2.22. The predicted molar refractivity (Wildman–Crippen MR) is 76.0 cm³/mol. The lowest BCUT2D eigenvalue weighted by atomic mass is 10.1. The molecule has 0 unspecified atom stereocenters. The van der Waals surface area contributed by atoms with Gasteiger partial charge < -0.3 is 9.88 Å². The molecule has 0 radical (unpaired) electrons. The minimum Gasteiger partial charge on any atom is -0.346 e. The molecule has 1 atom stereocenters. The molecule has 0 spiro atoms. The van der Waals surface area contributed by atoms with Crippen LogP contribution in [0, 0.1) is 6.92 Å². The van der Waals surface area contributed by atoms with E-state index in [1.54, 1.807) is 0 Å². The number of hydrogen-bond donors (Lipinski definition) is 1. The van der Waals surface area contributed by atoms with Gasteiger partial charge in [-0.15, -0.1) is 0 Å². The van der Waals surface area contributed by atoms with Gasteiger partial charge in [-0.3, -0.25) is 9.59 Å². The number of nitrogens with one attached hydrogen (secondary N) is 1. The van der Waals surface area contributed by atoms with E-state index in [-0.39, 0.29) is 23.2 Å². The molecule has 3 rings (SSSR count). The third kappa shape index (κ3) is 2.72. The van der Waals surface area contributed by atoms with Crippen LogP contribution in [0.15, 0.2) is 23.1 Å². The summed E-state index contributed by atoms with van der Waals surface area (Å²) in [7, 11) is 1.53. The van der Waals surface area contributed by atoms with Crippen molar-refractivity contribution in [3.63, 3.8) is 0 Å². The van der Waals surface area contributed by atoms with E-state index in [2.05, 4.69) is 20.0 Å². The van der Waals surface area contributed by atoms with E-state index in [4.69, 9.17) is 0 Å². The summed E-state index contributed by atoms with van der Waals surface area (Å²) in [5.74, 6) is 0.814. The van der Waals surface area contributed by atoms with Crippen molar-refractivity contribution in [2.45, 2.75) is 32.4 Å². The van der Waals surface area contributed by atoms with Crippen LogP contribution in [0.5, 0.6) is 0 Å². The van der Waals surface area contributed by atoms with Gasteiger partial charge in [0.1, 0.15) is 11.5 Å². The van der Waals surface area contributed by atoms with Crippen molar-refractivity contribution in [2.24, 2.45) is 7.05 Å². The molecule has 0 fully saturated rings. The molecular formula is C14H17N5O2. The molecular weight excluding hydrogens is 270 g/mol. The molecule has 0 bridgehead atoms. The molecule has 0 saturated heterocycles. The van der Waals surface area contributed by atoms with E-state index < -0.39 is 0 Å². The first-order valence-corrected chi connectivity index (χ1v) is 6.91. The number of hydrogen-bond acceptors (Lipinski definition) is 4. The number of aromatic nitrogens is 4. The zero-order chi connectivity index (χ0) is 15.0. The molecule has 110 valence electrons. The first-order chi connectivity index (χ1) is 10.0. The van der Waals surface area contributed by atoms with Gasteiger partial charge in [-0.2, -0.15) is 5.10 Å². The second-order valence-corrected chi connectivity index (χ2v) is 5.34. The summed E-state index contributed by atoms with van der Waals surface area (Å²) >= 11 is 0. The number of aryl methyl sites for hydroxylation is 3. The topological polar surface area (TPSA) is 81.8 Å². The maximum absolute atomic E-state index is 12.2. The van der Waals surface area contributed by atoms with Crippen molar-refractivity contribution in [2.75, 3.05) is 0 Å².